The van der Waals surface area contributed by atoms with Gasteiger partial charge >= 0.3 is 12.1 Å². The number of carbonyl (C=O) groups is 1. The SMILES string of the molecule is C#Cc1ccc(OC)cc1NC(=O)C(F)(F)F. The highest BCUT2D eigenvalue weighted by molar-refractivity contribution is 5.96. The second-order valence-electron chi connectivity index (χ2n) is 3.01. The van der Waals surface area contributed by atoms with Crippen molar-refractivity contribution in [1.29, 1.82) is 0 Å². The van der Waals surface area contributed by atoms with Crippen LogP contribution in [0, 0.1) is 12.3 Å². The van der Waals surface area contributed by atoms with E-state index >= 15 is 0 Å². The molecule has 0 heterocycles. The zero-order valence-corrected chi connectivity index (χ0v) is 8.76. The lowest BCUT2D eigenvalue weighted by Gasteiger charge is -2.11. The lowest BCUT2D eigenvalue weighted by molar-refractivity contribution is -0.167. The molecule has 0 atom stereocenters. The van der Waals surface area contributed by atoms with Crippen molar-refractivity contribution in [1.82, 2.24) is 0 Å². The van der Waals surface area contributed by atoms with E-state index < -0.39 is 12.1 Å². The van der Waals surface area contributed by atoms with Gasteiger partial charge in [-0.2, -0.15) is 13.2 Å². The quantitative estimate of drug-likeness (QED) is 0.808. The maximum Gasteiger partial charge on any atom is 0.471 e. The van der Waals surface area contributed by atoms with Crippen LogP contribution >= 0.6 is 0 Å². The van der Waals surface area contributed by atoms with Gasteiger partial charge in [-0.15, -0.1) is 6.42 Å². The molecule has 1 N–H and O–H groups in total. The Bertz CT molecular complexity index is 475. The Labute approximate surface area is 95.6 Å². The molecule has 0 unspecified atom stereocenters. The van der Waals surface area contributed by atoms with E-state index in [4.69, 9.17) is 11.2 Å². The number of nitrogens with one attached hydrogen (secondary N) is 1. The van der Waals surface area contributed by atoms with Crippen molar-refractivity contribution in [3.05, 3.63) is 23.8 Å². The molecule has 0 radical (unpaired) electrons. The van der Waals surface area contributed by atoms with E-state index in [2.05, 4.69) is 5.92 Å². The number of terminal acetylenes is 1. The van der Waals surface area contributed by atoms with Crippen LogP contribution in [0.15, 0.2) is 18.2 Å². The predicted octanol–water partition coefficient (Wildman–Crippen LogP) is 2.18. The summed E-state index contributed by atoms with van der Waals surface area (Å²) in [5, 5.41) is 1.69. The van der Waals surface area contributed by atoms with Crippen molar-refractivity contribution in [2.45, 2.75) is 6.18 Å². The molecule has 0 aliphatic rings. The van der Waals surface area contributed by atoms with E-state index in [0.717, 1.165) is 0 Å². The van der Waals surface area contributed by atoms with E-state index in [-0.39, 0.29) is 11.3 Å². The number of ether oxygens (including phenoxy) is 1. The summed E-state index contributed by atoms with van der Waals surface area (Å²) < 4.78 is 41.0. The van der Waals surface area contributed by atoms with Crippen LogP contribution < -0.4 is 10.1 Å². The van der Waals surface area contributed by atoms with E-state index in [9.17, 15) is 18.0 Å². The zero-order chi connectivity index (χ0) is 13.1. The fourth-order valence-corrected chi connectivity index (χ4v) is 1.07. The van der Waals surface area contributed by atoms with Crippen LogP contribution in [-0.4, -0.2) is 19.2 Å². The maximum absolute atomic E-state index is 12.1. The number of halogens is 3. The monoisotopic (exact) mass is 243 g/mol. The third kappa shape index (κ3) is 3.14. The van der Waals surface area contributed by atoms with Gasteiger partial charge in [0, 0.05) is 11.6 Å². The number of amides is 1. The number of benzene rings is 1. The summed E-state index contributed by atoms with van der Waals surface area (Å²) in [7, 11) is 1.35. The van der Waals surface area contributed by atoms with Gasteiger partial charge in [0.25, 0.3) is 0 Å². The average Bonchev–Trinajstić information content (AvgIpc) is 2.27. The fraction of sp³-hybridized carbons (Fsp3) is 0.182. The summed E-state index contributed by atoms with van der Waals surface area (Å²) in [5.74, 6) is 0.378. The van der Waals surface area contributed by atoms with Crippen molar-refractivity contribution >= 4 is 11.6 Å². The number of anilines is 1. The minimum absolute atomic E-state index is 0.117. The van der Waals surface area contributed by atoms with Crippen LogP contribution in [0.3, 0.4) is 0 Å². The van der Waals surface area contributed by atoms with Crippen molar-refractivity contribution < 1.29 is 22.7 Å². The molecule has 0 aliphatic carbocycles. The highest BCUT2D eigenvalue weighted by atomic mass is 19.4. The molecule has 0 saturated carbocycles. The molecule has 6 heteroatoms. The maximum atomic E-state index is 12.1. The van der Waals surface area contributed by atoms with Crippen LogP contribution in [0.2, 0.25) is 0 Å². The van der Waals surface area contributed by atoms with E-state index in [1.807, 2.05) is 0 Å². The van der Waals surface area contributed by atoms with E-state index in [1.54, 1.807) is 5.32 Å². The van der Waals surface area contributed by atoms with Crippen molar-refractivity contribution in [3.8, 4) is 18.1 Å². The normalized spacial score (nSPS) is 10.5. The molecule has 1 aromatic rings. The number of carbonyl (C=O) groups excluding carboxylic acids is 1. The van der Waals surface area contributed by atoms with Crippen LogP contribution in [0.1, 0.15) is 5.56 Å². The third-order valence-corrected chi connectivity index (χ3v) is 1.89. The van der Waals surface area contributed by atoms with Crippen LogP contribution in [0.5, 0.6) is 5.75 Å². The lowest BCUT2D eigenvalue weighted by Crippen LogP contribution is -2.30. The van der Waals surface area contributed by atoms with Crippen molar-refractivity contribution in [3.63, 3.8) is 0 Å². The molecular formula is C11H8F3NO2. The van der Waals surface area contributed by atoms with Gasteiger partial charge in [0.05, 0.1) is 12.8 Å². The summed E-state index contributed by atoms with van der Waals surface area (Å²) in [4.78, 5) is 10.8. The minimum atomic E-state index is -4.96. The van der Waals surface area contributed by atoms with Gasteiger partial charge in [-0.1, -0.05) is 5.92 Å². The number of rotatable bonds is 2. The Hall–Kier alpha value is -2.16. The zero-order valence-electron chi connectivity index (χ0n) is 8.76. The third-order valence-electron chi connectivity index (χ3n) is 1.89. The molecule has 1 rings (SSSR count). The minimum Gasteiger partial charge on any atom is -0.497 e. The van der Waals surface area contributed by atoms with Crippen molar-refractivity contribution in [2.75, 3.05) is 12.4 Å². The summed E-state index contributed by atoms with van der Waals surface area (Å²) in [6.07, 6.45) is 0.140. The Morgan fingerprint density at radius 2 is 2.12 bits per heavy atom. The second kappa shape index (κ2) is 4.78. The Balaban J connectivity index is 3.05. The average molecular weight is 243 g/mol. The van der Waals surface area contributed by atoms with Crippen molar-refractivity contribution in [2.24, 2.45) is 0 Å². The fourth-order valence-electron chi connectivity index (χ4n) is 1.07. The summed E-state index contributed by atoms with van der Waals surface area (Å²) >= 11 is 0. The first-order chi connectivity index (χ1) is 7.88. The molecule has 0 saturated heterocycles. The summed E-state index contributed by atoms with van der Waals surface area (Å²) in [5.41, 5.74) is 0.0255. The van der Waals surface area contributed by atoms with Gasteiger partial charge in [0.2, 0.25) is 0 Å². The molecule has 3 nitrogen and oxygen atoms in total. The standard InChI is InChI=1S/C11H8F3NO2/c1-3-7-4-5-8(17-2)6-9(7)15-10(16)11(12,13)14/h1,4-6H,2H3,(H,15,16). The molecule has 0 bridgehead atoms. The molecule has 0 aliphatic heterocycles. The highest BCUT2D eigenvalue weighted by Gasteiger charge is 2.38. The molecule has 90 valence electrons. The number of alkyl halides is 3. The number of methoxy groups -OCH3 is 1. The number of hydrogen-bond acceptors (Lipinski definition) is 2. The summed E-state index contributed by atoms with van der Waals surface area (Å²) in [6, 6.07) is 4.09. The Kier molecular flexibility index (Phi) is 3.63. The van der Waals surface area contributed by atoms with Gasteiger partial charge in [-0.3, -0.25) is 4.79 Å². The van der Waals surface area contributed by atoms with Crippen LogP contribution in [-0.2, 0) is 4.79 Å². The predicted molar refractivity (Wildman–Crippen MR) is 55.6 cm³/mol. The van der Waals surface area contributed by atoms with Gasteiger partial charge in [0.15, 0.2) is 0 Å². The Morgan fingerprint density at radius 3 is 2.59 bits per heavy atom. The molecule has 0 aromatic heterocycles. The molecule has 17 heavy (non-hydrogen) atoms. The van der Waals surface area contributed by atoms with Crippen LogP contribution in [0.25, 0.3) is 0 Å². The Morgan fingerprint density at radius 1 is 1.47 bits per heavy atom. The van der Waals surface area contributed by atoms with E-state index in [0.29, 0.717) is 5.75 Å². The van der Waals surface area contributed by atoms with Crippen LogP contribution in [0.4, 0.5) is 18.9 Å². The van der Waals surface area contributed by atoms with Gasteiger partial charge in [-0.25, -0.2) is 0 Å². The largest absolute Gasteiger partial charge is 0.497 e. The van der Waals surface area contributed by atoms with Gasteiger partial charge in [0.1, 0.15) is 5.75 Å². The highest BCUT2D eigenvalue weighted by Crippen LogP contribution is 2.24. The summed E-state index contributed by atoms with van der Waals surface area (Å²) in [6.45, 7) is 0. The smallest absolute Gasteiger partial charge is 0.471 e. The van der Waals surface area contributed by atoms with Gasteiger partial charge < -0.3 is 10.1 Å². The topological polar surface area (TPSA) is 38.3 Å². The first-order valence-corrected chi connectivity index (χ1v) is 4.41. The lowest BCUT2D eigenvalue weighted by atomic mass is 10.1. The first-order valence-electron chi connectivity index (χ1n) is 4.41. The van der Waals surface area contributed by atoms with E-state index in [1.165, 1.54) is 25.3 Å². The number of hydrogen-bond donors (Lipinski definition) is 1. The second-order valence-corrected chi connectivity index (χ2v) is 3.01. The molecular weight excluding hydrogens is 235 g/mol. The molecule has 0 fully saturated rings. The molecule has 1 amide bonds. The first kappa shape index (κ1) is 12.9. The molecule has 0 spiro atoms. The molecule has 1 aromatic carbocycles. The van der Waals surface area contributed by atoms with Gasteiger partial charge in [-0.05, 0) is 12.1 Å².